The van der Waals surface area contributed by atoms with Gasteiger partial charge in [-0.25, -0.2) is 15.0 Å². The third-order valence-electron chi connectivity index (χ3n) is 2.93. The Balaban J connectivity index is 2.17. The second-order valence-corrected chi connectivity index (χ2v) is 4.37. The maximum absolute atomic E-state index is 5.26. The molecule has 3 aromatic rings. The van der Waals surface area contributed by atoms with Gasteiger partial charge in [0.1, 0.15) is 5.69 Å². The highest BCUT2D eigenvalue weighted by molar-refractivity contribution is 5.90. The normalized spacial score (nSPS) is 10.8. The van der Waals surface area contributed by atoms with Crippen molar-refractivity contribution in [3.8, 4) is 17.3 Å². The molecule has 0 aliphatic carbocycles. The molecule has 21 heavy (non-hydrogen) atoms. The molecule has 3 heterocycles. The van der Waals surface area contributed by atoms with Crippen molar-refractivity contribution in [2.24, 2.45) is 0 Å². The van der Waals surface area contributed by atoms with Crippen molar-refractivity contribution in [1.29, 1.82) is 0 Å². The fourth-order valence-electron chi connectivity index (χ4n) is 1.97. The van der Waals surface area contributed by atoms with Gasteiger partial charge in [-0.3, -0.25) is 5.10 Å². The molecule has 0 spiro atoms. The first-order valence-corrected chi connectivity index (χ1v) is 6.63. The van der Waals surface area contributed by atoms with Gasteiger partial charge in [-0.15, -0.1) is 0 Å². The smallest absolute Gasteiger partial charge is 0.241 e. The van der Waals surface area contributed by atoms with Crippen molar-refractivity contribution < 1.29 is 4.74 Å². The Morgan fingerprint density at radius 3 is 2.86 bits per heavy atom. The Kier molecular flexibility index (Phi) is 3.59. The molecule has 0 saturated heterocycles. The van der Waals surface area contributed by atoms with E-state index < -0.39 is 0 Å². The Labute approximate surface area is 121 Å². The lowest BCUT2D eigenvalue weighted by atomic mass is 10.2. The van der Waals surface area contributed by atoms with Gasteiger partial charge in [-0.1, -0.05) is 6.92 Å². The summed E-state index contributed by atoms with van der Waals surface area (Å²) >= 11 is 0. The third-order valence-corrected chi connectivity index (χ3v) is 2.93. The maximum Gasteiger partial charge on any atom is 0.241 e. The Bertz CT molecular complexity index is 755. The average molecular weight is 285 g/mol. The van der Waals surface area contributed by atoms with E-state index in [2.05, 4.69) is 42.4 Å². The van der Waals surface area contributed by atoms with Crippen LogP contribution in [0.4, 0.5) is 5.95 Å². The summed E-state index contributed by atoms with van der Waals surface area (Å²) in [5.41, 5.74) is 1.84. The summed E-state index contributed by atoms with van der Waals surface area (Å²) in [6.07, 6.45) is 5.83. The highest BCUT2D eigenvalue weighted by atomic mass is 16.5. The molecule has 0 bridgehead atoms. The van der Waals surface area contributed by atoms with Gasteiger partial charge in [0.2, 0.25) is 11.8 Å². The molecule has 0 unspecified atom stereocenters. The number of nitrogens with one attached hydrogen (secondary N) is 2. The Morgan fingerprint density at radius 1 is 1.19 bits per heavy atom. The number of nitrogens with zero attached hydrogens (tertiary/aromatic N) is 5. The van der Waals surface area contributed by atoms with Crippen LogP contribution in [0.25, 0.3) is 22.4 Å². The van der Waals surface area contributed by atoms with Crippen LogP contribution in [-0.4, -0.2) is 43.8 Å². The molecule has 3 aromatic heterocycles. The second kappa shape index (κ2) is 5.70. The number of ether oxygens (including phenoxy) is 1. The summed E-state index contributed by atoms with van der Waals surface area (Å²) in [5, 5.41) is 10.8. The lowest BCUT2D eigenvalue weighted by Gasteiger charge is -2.08. The lowest BCUT2D eigenvalue weighted by Crippen LogP contribution is -2.06. The predicted octanol–water partition coefficient (Wildman–Crippen LogP) is 1.64. The number of anilines is 1. The average Bonchev–Trinajstić information content (AvgIpc) is 3.00. The molecule has 0 aliphatic heterocycles. The minimum Gasteiger partial charge on any atom is -0.479 e. The van der Waals surface area contributed by atoms with Crippen molar-refractivity contribution in [3.05, 3.63) is 18.6 Å². The molecule has 108 valence electrons. The molecule has 2 N–H and O–H groups in total. The summed E-state index contributed by atoms with van der Waals surface area (Å²) in [7, 11) is 1.55. The highest BCUT2D eigenvalue weighted by Gasteiger charge is 2.16. The van der Waals surface area contributed by atoms with E-state index in [0.29, 0.717) is 28.9 Å². The first-order chi connectivity index (χ1) is 10.3. The predicted molar refractivity (Wildman–Crippen MR) is 78.0 cm³/mol. The fourth-order valence-corrected chi connectivity index (χ4v) is 1.97. The molecule has 0 atom stereocenters. The summed E-state index contributed by atoms with van der Waals surface area (Å²) in [5.74, 6) is 0.941. The topological polar surface area (TPSA) is 102 Å². The third kappa shape index (κ3) is 2.47. The summed E-state index contributed by atoms with van der Waals surface area (Å²) in [4.78, 5) is 17.4. The van der Waals surface area contributed by atoms with E-state index >= 15 is 0 Å². The monoisotopic (exact) mass is 285 g/mol. The number of aromatic nitrogens is 6. The van der Waals surface area contributed by atoms with Gasteiger partial charge in [-0.2, -0.15) is 10.1 Å². The van der Waals surface area contributed by atoms with Gasteiger partial charge in [0.15, 0.2) is 11.3 Å². The number of aromatic amines is 1. The highest BCUT2D eigenvalue weighted by Crippen LogP contribution is 2.29. The van der Waals surface area contributed by atoms with Crippen LogP contribution in [0.1, 0.15) is 13.3 Å². The number of methoxy groups -OCH3 is 1. The van der Waals surface area contributed by atoms with E-state index in [9.17, 15) is 0 Å². The number of hydrogen-bond donors (Lipinski definition) is 2. The van der Waals surface area contributed by atoms with Crippen molar-refractivity contribution in [1.82, 2.24) is 30.1 Å². The number of H-pyrrole nitrogens is 1. The van der Waals surface area contributed by atoms with E-state index in [4.69, 9.17) is 4.74 Å². The van der Waals surface area contributed by atoms with E-state index in [-0.39, 0.29) is 0 Å². The van der Waals surface area contributed by atoms with Crippen LogP contribution in [0.3, 0.4) is 0 Å². The lowest BCUT2D eigenvalue weighted by molar-refractivity contribution is 0.397. The maximum atomic E-state index is 5.26. The molecule has 0 fully saturated rings. The van der Waals surface area contributed by atoms with Gasteiger partial charge < -0.3 is 10.1 Å². The van der Waals surface area contributed by atoms with E-state index in [0.717, 1.165) is 18.4 Å². The fraction of sp³-hybridized carbons (Fsp3) is 0.308. The molecule has 8 nitrogen and oxygen atoms in total. The zero-order chi connectivity index (χ0) is 14.7. The number of fused-ring (bicyclic) bond motifs is 1. The number of rotatable bonds is 5. The van der Waals surface area contributed by atoms with Gasteiger partial charge in [0.25, 0.3) is 0 Å². The molecule has 8 heteroatoms. The van der Waals surface area contributed by atoms with Crippen LogP contribution < -0.4 is 10.1 Å². The second-order valence-electron chi connectivity index (χ2n) is 4.37. The van der Waals surface area contributed by atoms with E-state index in [1.54, 1.807) is 25.7 Å². The summed E-state index contributed by atoms with van der Waals surface area (Å²) in [6.45, 7) is 2.87. The molecule has 0 saturated carbocycles. The van der Waals surface area contributed by atoms with Crippen molar-refractivity contribution in [2.75, 3.05) is 19.0 Å². The van der Waals surface area contributed by atoms with Crippen LogP contribution in [0.2, 0.25) is 0 Å². The molecule has 0 amide bonds. The molecule has 0 radical (unpaired) electrons. The first-order valence-electron chi connectivity index (χ1n) is 6.63. The van der Waals surface area contributed by atoms with Crippen LogP contribution in [0, 0.1) is 0 Å². The summed E-state index contributed by atoms with van der Waals surface area (Å²) in [6, 6.07) is 0. The zero-order valence-electron chi connectivity index (χ0n) is 11.8. The number of hydrogen-bond acceptors (Lipinski definition) is 7. The molecular weight excluding hydrogens is 270 g/mol. The Morgan fingerprint density at radius 2 is 2.05 bits per heavy atom. The van der Waals surface area contributed by atoms with Gasteiger partial charge >= 0.3 is 0 Å². The SMILES string of the molecule is CCCNc1nc(-c2nccnc2OC)c2cn[nH]c2n1. The molecule has 0 aromatic carbocycles. The first kappa shape index (κ1) is 13.2. The van der Waals surface area contributed by atoms with Crippen LogP contribution in [0.15, 0.2) is 18.6 Å². The summed E-state index contributed by atoms with van der Waals surface area (Å²) < 4.78 is 5.26. The van der Waals surface area contributed by atoms with Crippen LogP contribution in [0.5, 0.6) is 5.88 Å². The van der Waals surface area contributed by atoms with E-state index in [1.807, 2.05) is 0 Å². The van der Waals surface area contributed by atoms with Gasteiger partial charge in [-0.05, 0) is 6.42 Å². The van der Waals surface area contributed by atoms with Crippen LogP contribution >= 0.6 is 0 Å². The molecular formula is C13H15N7O. The quantitative estimate of drug-likeness (QED) is 0.734. The van der Waals surface area contributed by atoms with Gasteiger partial charge in [0, 0.05) is 18.9 Å². The van der Waals surface area contributed by atoms with Crippen molar-refractivity contribution in [2.45, 2.75) is 13.3 Å². The van der Waals surface area contributed by atoms with E-state index in [1.165, 1.54) is 0 Å². The minimum absolute atomic E-state index is 0.417. The van der Waals surface area contributed by atoms with Crippen molar-refractivity contribution >= 4 is 17.0 Å². The van der Waals surface area contributed by atoms with Crippen LogP contribution in [-0.2, 0) is 0 Å². The molecule has 0 aliphatic rings. The molecule has 3 rings (SSSR count). The van der Waals surface area contributed by atoms with Gasteiger partial charge in [0.05, 0.1) is 18.7 Å². The Hall–Kier alpha value is -2.77. The van der Waals surface area contributed by atoms with Crippen molar-refractivity contribution in [3.63, 3.8) is 0 Å². The zero-order valence-corrected chi connectivity index (χ0v) is 11.8. The standard InChI is InChI=1S/C13H15N7O/c1-3-4-16-13-18-9(8-7-17-20-11(8)19-13)10-12(21-2)15-6-5-14-10/h5-7H,3-4H2,1-2H3,(H2,16,17,18,19,20). The minimum atomic E-state index is 0.417. The largest absolute Gasteiger partial charge is 0.479 e.